The van der Waals surface area contributed by atoms with Gasteiger partial charge in [-0.15, -0.1) is 0 Å². The third-order valence-electron chi connectivity index (χ3n) is 3.15. The molecule has 1 aliphatic rings. The van der Waals surface area contributed by atoms with Crippen molar-refractivity contribution in [3.8, 4) is 0 Å². The minimum atomic E-state index is 0.612. The van der Waals surface area contributed by atoms with E-state index in [4.69, 9.17) is 0 Å². The molecule has 0 aromatic carbocycles. The number of piperidine rings is 1. The van der Waals surface area contributed by atoms with E-state index >= 15 is 0 Å². The van der Waals surface area contributed by atoms with Crippen LogP contribution in [0.5, 0.6) is 0 Å². The Morgan fingerprint density at radius 1 is 1.60 bits per heavy atom. The first kappa shape index (κ1) is 10.5. The number of aromatic nitrogens is 2. The standard InChI is InChI=1S/C11H20N4/c1-3-14-8-6-13-11(14)15-7-4-5-10(9-15)12-2/h6,8,10,12H,3-5,7,9H2,1-2H3. The lowest BCUT2D eigenvalue weighted by molar-refractivity contribution is 0.442. The van der Waals surface area contributed by atoms with E-state index in [1.165, 1.54) is 12.8 Å². The van der Waals surface area contributed by atoms with Gasteiger partial charge in [-0.1, -0.05) is 0 Å². The van der Waals surface area contributed by atoms with E-state index in [0.717, 1.165) is 25.6 Å². The maximum Gasteiger partial charge on any atom is 0.205 e. The largest absolute Gasteiger partial charge is 0.341 e. The molecule has 1 unspecified atom stereocenters. The van der Waals surface area contributed by atoms with Gasteiger partial charge >= 0.3 is 0 Å². The van der Waals surface area contributed by atoms with Crippen molar-refractivity contribution in [2.75, 3.05) is 25.0 Å². The van der Waals surface area contributed by atoms with Gasteiger partial charge in [-0.3, -0.25) is 0 Å². The van der Waals surface area contributed by atoms with Crippen LogP contribution in [0.15, 0.2) is 12.4 Å². The second-order valence-corrected chi connectivity index (χ2v) is 4.09. The quantitative estimate of drug-likeness (QED) is 0.807. The second kappa shape index (κ2) is 4.66. The molecule has 4 nitrogen and oxygen atoms in total. The van der Waals surface area contributed by atoms with Gasteiger partial charge in [0.05, 0.1) is 0 Å². The molecule has 15 heavy (non-hydrogen) atoms. The van der Waals surface area contributed by atoms with E-state index in [1.807, 2.05) is 13.2 Å². The Labute approximate surface area is 91.3 Å². The highest BCUT2D eigenvalue weighted by atomic mass is 15.3. The summed E-state index contributed by atoms with van der Waals surface area (Å²) in [5.74, 6) is 1.12. The molecule has 0 saturated carbocycles. The molecule has 1 fully saturated rings. The summed E-state index contributed by atoms with van der Waals surface area (Å²) in [6.45, 7) is 5.36. The molecule has 0 bridgehead atoms. The third kappa shape index (κ3) is 2.15. The fourth-order valence-electron chi connectivity index (χ4n) is 2.23. The summed E-state index contributed by atoms with van der Waals surface area (Å²) in [7, 11) is 2.04. The van der Waals surface area contributed by atoms with Crippen LogP contribution < -0.4 is 10.2 Å². The molecule has 1 aliphatic heterocycles. The molecule has 1 saturated heterocycles. The third-order valence-corrected chi connectivity index (χ3v) is 3.15. The van der Waals surface area contributed by atoms with Crippen LogP contribution in [0.1, 0.15) is 19.8 Å². The molecule has 0 amide bonds. The van der Waals surface area contributed by atoms with Gasteiger partial charge in [-0.25, -0.2) is 4.98 Å². The smallest absolute Gasteiger partial charge is 0.205 e. The SMILES string of the molecule is CCn1ccnc1N1CCCC(NC)C1. The van der Waals surface area contributed by atoms with Crippen molar-refractivity contribution in [2.24, 2.45) is 0 Å². The zero-order valence-corrected chi connectivity index (χ0v) is 9.61. The molecule has 1 atom stereocenters. The molecule has 0 aliphatic carbocycles. The molecule has 1 aromatic rings. The van der Waals surface area contributed by atoms with Crippen molar-refractivity contribution in [2.45, 2.75) is 32.4 Å². The Morgan fingerprint density at radius 2 is 2.47 bits per heavy atom. The van der Waals surface area contributed by atoms with Crippen molar-refractivity contribution in [3.05, 3.63) is 12.4 Å². The lowest BCUT2D eigenvalue weighted by Gasteiger charge is -2.33. The van der Waals surface area contributed by atoms with Crippen LogP contribution in [0.25, 0.3) is 0 Å². The van der Waals surface area contributed by atoms with E-state index in [2.05, 4.69) is 32.9 Å². The maximum atomic E-state index is 4.44. The minimum absolute atomic E-state index is 0.612. The average molecular weight is 208 g/mol. The Hall–Kier alpha value is -1.03. The van der Waals surface area contributed by atoms with Gasteiger partial charge in [0.2, 0.25) is 5.95 Å². The number of nitrogens with one attached hydrogen (secondary N) is 1. The number of aryl methyl sites for hydroxylation is 1. The summed E-state index contributed by atoms with van der Waals surface area (Å²) in [6, 6.07) is 0.612. The van der Waals surface area contributed by atoms with Crippen LogP contribution in [-0.2, 0) is 6.54 Å². The van der Waals surface area contributed by atoms with Crippen LogP contribution in [0, 0.1) is 0 Å². The molecular formula is C11H20N4. The Morgan fingerprint density at radius 3 is 3.20 bits per heavy atom. The van der Waals surface area contributed by atoms with Crippen LogP contribution in [0.3, 0.4) is 0 Å². The van der Waals surface area contributed by atoms with Crippen LogP contribution in [0.4, 0.5) is 5.95 Å². The van der Waals surface area contributed by atoms with Gasteiger partial charge in [0, 0.05) is 38.1 Å². The lowest BCUT2D eigenvalue weighted by atomic mass is 10.1. The van der Waals surface area contributed by atoms with E-state index in [-0.39, 0.29) is 0 Å². The van der Waals surface area contributed by atoms with Gasteiger partial charge in [-0.05, 0) is 26.8 Å². The maximum absolute atomic E-state index is 4.44. The van der Waals surface area contributed by atoms with Gasteiger partial charge in [0.15, 0.2) is 0 Å². The van der Waals surface area contributed by atoms with Crippen LogP contribution >= 0.6 is 0 Å². The number of likely N-dealkylation sites (N-methyl/N-ethyl adjacent to an activating group) is 1. The molecular weight excluding hydrogens is 188 g/mol. The first-order chi connectivity index (χ1) is 7.35. The minimum Gasteiger partial charge on any atom is -0.341 e. The van der Waals surface area contributed by atoms with E-state index in [0.29, 0.717) is 6.04 Å². The van der Waals surface area contributed by atoms with Crippen molar-refractivity contribution in [1.82, 2.24) is 14.9 Å². The predicted molar refractivity (Wildman–Crippen MR) is 62.2 cm³/mol. The zero-order valence-electron chi connectivity index (χ0n) is 9.61. The van der Waals surface area contributed by atoms with Crippen molar-refractivity contribution < 1.29 is 0 Å². The number of nitrogens with zero attached hydrogens (tertiary/aromatic N) is 3. The first-order valence-corrected chi connectivity index (χ1v) is 5.78. The summed E-state index contributed by atoms with van der Waals surface area (Å²) in [4.78, 5) is 6.82. The van der Waals surface area contributed by atoms with Gasteiger partial charge in [-0.2, -0.15) is 0 Å². The van der Waals surface area contributed by atoms with Crippen molar-refractivity contribution in [3.63, 3.8) is 0 Å². The highest BCUT2D eigenvalue weighted by Crippen LogP contribution is 2.17. The Balaban J connectivity index is 2.09. The number of anilines is 1. The van der Waals surface area contributed by atoms with Gasteiger partial charge in [0.1, 0.15) is 0 Å². The molecule has 2 heterocycles. The predicted octanol–water partition coefficient (Wildman–Crippen LogP) is 1.09. The second-order valence-electron chi connectivity index (χ2n) is 4.09. The highest BCUT2D eigenvalue weighted by molar-refractivity contribution is 5.32. The topological polar surface area (TPSA) is 33.1 Å². The molecule has 0 spiro atoms. The van der Waals surface area contributed by atoms with Crippen molar-refractivity contribution >= 4 is 5.95 Å². The normalized spacial score (nSPS) is 22.0. The zero-order chi connectivity index (χ0) is 10.7. The number of rotatable bonds is 3. The monoisotopic (exact) mass is 208 g/mol. The van der Waals surface area contributed by atoms with E-state index < -0.39 is 0 Å². The lowest BCUT2D eigenvalue weighted by Crippen LogP contribution is -2.45. The summed E-state index contributed by atoms with van der Waals surface area (Å²) < 4.78 is 2.21. The fraction of sp³-hybridized carbons (Fsp3) is 0.727. The molecule has 1 aromatic heterocycles. The van der Waals surface area contributed by atoms with Crippen molar-refractivity contribution in [1.29, 1.82) is 0 Å². The number of hydrogen-bond donors (Lipinski definition) is 1. The highest BCUT2D eigenvalue weighted by Gasteiger charge is 2.21. The van der Waals surface area contributed by atoms with Gasteiger partial charge < -0.3 is 14.8 Å². The number of hydrogen-bond acceptors (Lipinski definition) is 3. The summed E-state index contributed by atoms with van der Waals surface area (Å²) in [5, 5.41) is 3.35. The summed E-state index contributed by atoms with van der Waals surface area (Å²) >= 11 is 0. The summed E-state index contributed by atoms with van der Waals surface area (Å²) in [6.07, 6.45) is 6.47. The molecule has 84 valence electrons. The molecule has 2 rings (SSSR count). The van der Waals surface area contributed by atoms with E-state index in [9.17, 15) is 0 Å². The molecule has 1 N–H and O–H groups in total. The number of imidazole rings is 1. The summed E-state index contributed by atoms with van der Waals surface area (Å²) in [5.41, 5.74) is 0. The van der Waals surface area contributed by atoms with Gasteiger partial charge in [0.25, 0.3) is 0 Å². The molecule has 0 radical (unpaired) electrons. The van der Waals surface area contributed by atoms with Crippen LogP contribution in [-0.4, -0.2) is 35.7 Å². The average Bonchev–Trinajstić information content (AvgIpc) is 2.77. The Bertz CT molecular complexity index is 307. The first-order valence-electron chi connectivity index (χ1n) is 5.78. The van der Waals surface area contributed by atoms with E-state index in [1.54, 1.807) is 0 Å². The fourth-order valence-corrected chi connectivity index (χ4v) is 2.23. The molecule has 4 heteroatoms. The van der Waals surface area contributed by atoms with Crippen LogP contribution in [0.2, 0.25) is 0 Å². The Kier molecular flexibility index (Phi) is 3.26.